The number of alkyl halides is 3. The van der Waals surface area contributed by atoms with Crippen molar-refractivity contribution in [3.63, 3.8) is 0 Å². The largest absolute Gasteiger partial charge is 2.00 e. The number of aromatic amines is 1. The summed E-state index contributed by atoms with van der Waals surface area (Å²) in [4.78, 5) is 100. The maximum Gasteiger partial charge on any atom is 2.00 e. The smallest absolute Gasteiger partial charge is 0.475 e. The number of carbonyl (C=O) groups excluding carboxylic acids is 6. The number of H-pyrrole nitrogens is 1. The Kier molecular flexibility index (Phi) is 27.3. The molecule has 21 nitrogen and oxygen atoms in total. The van der Waals surface area contributed by atoms with Crippen LogP contribution in [-0.4, -0.2) is 113 Å². The summed E-state index contributed by atoms with van der Waals surface area (Å²) in [6.07, 6.45) is 13.8. The van der Waals surface area contributed by atoms with E-state index in [4.69, 9.17) is 38.6 Å². The third-order valence-electron chi connectivity index (χ3n) is 9.98. The number of fused-ring (bicyclic) bond motifs is 1. The number of nitrogens with zero attached hydrogens (tertiary/aromatic N) is 2. The number of carbonyl (C=O) groups is 7. The molecule has 0 unspecified atom stereocenters. The van der Waals surface area contributed by atoms with Gasteiger partial charge in [-0.1, -0.05) is 48.5 Å². The van der Waals surface area contributed by atoms with Crippen LogP contribution in [-0.2, 0) is 63.2 Å². The second kappa shape index (κ2) is 32.2. The van der Waals surface area contributed by atoms with Crippen molar-refractivity contribution in [1.29, 1.82) is 0 Å². The summed E-state index contributed by atoms with van der Waals surface area (Å²) in [6.45, 7) is -0.188. The SMILES string of the molecule is NC(=O)[C@H](Cc1ccccc1)NC(=O)[C@H](CCCN=C(N)N)NC(=O)[C@H](CCCN=C(N)N)NC(=O)[C@H](Cc1c[nH]c2ccccc12)NC(=O)CNC(=O)[C]1[CH][CH][CH][CH]1.O=C(O)C(F)(F)F.[CH]1[CH][CH][CH][CH]1.[Co+2]. The van der Waals surface area contributed by atoms with Gasteiger partial charge in [0.15, 0.2) is 11.9 Å². The molecule has 11 radical (unpaired) electrons. The molecule has 0 aliphatic heterocycles. The van der Waals surface area contributed by atoms with Crippen LogP contribution in [0.1, 0.15) is 36.8 Å². The molecule has 4 atom stereocenters. The van der Waals surface area contributed by atoms with E-state index in [0.717, 1.165) is 16.5 Å². The number of hydrogen-bond acceptors (Lipinski definition) is 9. The number of aromatic nitrogens is 1. The quantitative estimate of drug-likeness (QED) is 0.0330. The Morgan fingerprint density at radius 2 is 1.10 bits per heavy atom. The van der Waals surface area contributed by atoms with Gasteiger partial charge in [0.2, 0.25) is 35.4 Å². The normalized spacial score (nSPS) is 14.7. The van der Waals surface area contributed by atoms with Crippen molar-refractivity contribution in [2.45, 2.75) is 68.9 Å². The molecule has 2 aliphatic rings. The number of guanidine groups is 2. The van der Waals surface area contributed by atoms with E-state index in [-0.39, 0.29) is 80.3 Å². The number of nitrogens with one attached hydrogen (secondary N) is 6. The third-order valence-corrected chi connectivity index (χ3v) is 9.98. The number of carboxylic acids is 1. The Balaban J connectivity index is 0.00000120. The van der Waals surface area contributed by atoms with Crippen molar-refractivity contribution in [2.24, 2.45) is 38.7 Å². The van der Waals surface area contributed by atoms with E-state index in [1.807, 2.05) is 56.4 Å². The van der Waals surface area contributed by atoms with Gasteiger partial charge in [0.1, 0.15) is 24.2 Å². The number of aliphatic carboxylic acids is 1. The molecule has 1 heterocycles. The first kappa shape index (κ1) is 61.2. The van der Waals surface area contributed by atoms with Crippen LogP contribution in [0, 0.1) is 63.7 Å². The second-order valence-corrected chi connectivity index (χ2v) is 15.5. The van der Waals surface area contributed by atoms with E-state index in [2.05, 4.69) is 41.6 Å². The van der Waals surface area contributed by atoms with Gasteiger partial charge < -0.3 is 65.3 Å². The maximum absolute atomic E-state index is 14.2. The van der Waals surface area contributed by atoms with Gasteiger partial charge in [-0.2, -0.15) is 13.2 Å². The number of benzene rings is 2. The zero-order valence-electron chi connectivity index (χ0n) is 38.7. The van der Waals surface area contributed by atoms with Crippen LogP contribution in [0.25, 0.3) is 10.9 Å². The monoisotopic (exact) mass is 1050 g/mol. The van der Waals surface area contributed by atoms with Crippen molar-refractivity contribution in [3.05, 3.63) is 136 Å². The number of carboxylic acid groups (broad SMARTS) is 1. The van der Waals surface area contributed by atoms with Crippen LogP contribution < -0.4 is 55.3 Å². The number of amides is 6. The fourth-order valence-corrected chi connectivity index (χ4v) is 6.52. The number of hydrogen-bond donors (Lipinski definition) is 12. The zero-order valence-corrected chi connectivity index (χ0v) is 39.7. The number of primary amides is 1. The van der Waals surface area contributed by atoms with Gasteiger partial charge in [0.05, 0.1) is 12.5 Å². The van der Waals surface area contributed by atoms with Crippen molar-refractivity contribution >= 4 is 64.2 Å². The summed E-state index contributed by atoms with van der Waals surface area (Å²) in [6, 6.07) is 11.5. The molecule has 3 aromatic rings. The van der Waals surface area contributed by atoms with Crippen LogP contribution in [0.2, 0.25) is 0 Å². The number of halogens is 3. The van der Waals surface area contributed by atoms with Crippen LogP contribution in [0.3, 0.4) is 0 Å². The van der Waals surface area contributed by atoms with Crippen LogP contribution in [0.4, 0.5) is 13.2 Å². The van der Waals surface area contributed by atoms with E-state index in [0.29, 0.717) is 11.5 Å². The van der Waals surface area contributed by atoms with Crippen LogP contribution in [0.5, 0.6) is 0 Å². The summed E-state index contributed by atoms with van der Waals surface area (Å²) in [7, 11) is 0. The van der Waals surface area contributed by atoms with E-state index in [1.54, 1.807) is 62.2 Å². The minimum atomic E-state index is -5.08. The molecular weight excluding hydrogens is 991 g/mol. The van der Waals surface area contributed by atoms with E-state index < -0.39 is 78.3 Å². The fourth-order valence-electron chi connectivity index (χ4n) is 6.52. The predicted molar refractivity (Wildman–Crippen MR) is 258 cm³/mol. The Bertz CT molecular complexity index is 2260. The minimum absolute atomic E-state index is 0. The van der Waals surface area contributed by atoms with Crippen molar-refractivity contribution in [3.8, 4) is 0 Å². The van der Waals surface area contributed by atoms with Gasteiger partial charge in [-0.3, -0.25) is 38.8 Å². The summed E-state index contributed by atoms with van der Waals surface area (Å²) in [5.74, 6) is -6.81. The molecule has 17 N–H and O–H groups in total. The van der Waals surface area contributed by atoms with Crippen LogP contribution >= 0.6 is 0 Å². The maximum atomic E-state index is 14.2. The summed E-state index contributed by atoms with van der Waals surface area (Å²) >= 11 is 0. The first-order valence-corrected chi connectivity index (χ1v) is 21.9. The fraction of sp³-hybridized carbons (Fsp3) is 0.298. The molecule has 6 amide bonds. The van der Waals surface area contributed by atoms with Gasteiger partial charge in [-0.15, -0.1) is 0 Å². The summed E-state index contributed by atoms with van der Waals surface area (Å²) in [5.41, 5.74) is 29.9. The third kappa shape index (κ3) is 23.3. The average molecular weight is 1050 g/mol. The molecule has 2 aromatic carbocycles. The van der Waals surface area contributed by atoms with Gasteiger partial charge in [-0.25, -0.2) is 4.79 Å². The molecule has 1 aromatic heterocycles. The van der Waals surface area contributed by atoms with Gasteiger partial charge in [0.25, 0.3) is 0 Å². The Hall–Kier alpha value is -6.89. The number of aliphatic imine (C=N–C) groups is 2. The number of rotatable bonds is 23. The molecule has 5 rings (SSSR count). The van der Waals surface area contributed by atoms with Crippen molar-refractivity contribution in [1.82, 2.24) is 31.6 Å². The minimum Gasteiger partial charge on any atom is -0.475 e. The van der Waals surface area contributed by atoms with Crippen LogP contribution in [0.15, 0.2) is 70.8 Å². The van der Waals surface area contributed by atoms with Crippen molar-refractivity contribution in [2.75, 3.05) is 19.6 Å². The van der Waals surface area contributed by atoms with E-state index in [9.17, 15) is 41.9 Å². The molecule has 72 heavy (non-hydrogen) atoms. The molecule has 25 heteroatoms. The molecule has 2 saturated carbocycles. The van der Waals surface area contributed by atoms with Crippen molar-refractivity contribution < 1.29 is 68.6 Å². The molecule has 0 bridgehead atoms. The molecule has 0 saturated heterocycles. The predicted octanol–water partition coefficient (Wildman–Crippen LogP) is -0.342. The number of para-hydroxylation sites is 1. The van der Waals surface area contributed by atoms with E-state index in [1.165, 1.54) is 0 Å². The molecule has 2 fully saturated rings. The first-order chi connectivity index (χ1) is 33.7. The Labute approximate surface area is 425 Å². The zero-order chi connectivity index (χ0) is 52.3. The topological polar surface area (TPSA) is 370 Å². The first-order valence-electron chi connectivity index (χ1n) is 21.9. The Morgan fingerprint density at radius 3 is 1.58 bits per heavy atom. The van der Waals surface area contributed by atoms with E-state index >= 15 is 0 Å². The summed E-state index contributed by atoms with van der Waals surface area (Å²) in [5, 5.41) is 21.3. The molecular formula is C47H58CoF3N13O8+2. The number of nitrogens with two attached hydrogens (primary N) is 5. The molecule has 2 aliphatic carbocycles. The van der Waals surface area contributed by atoms with Gasteiger partial charge >= 0.3 is 28.9 Å². The second-order valence-electron chi connectivity index (χ2n) is 15.5. The van der Waals surface area contributed by atoms with Gasteiger partial charge in [0, 0.05) is 43.0 Å². The summed E-state index contributed by atoms with van der Waals surface area (Å²) < 4.78 is 31.7. The Morgan fingerprint density at radius 1 is 0.625 bits per heavy atom. The molecule has 387 valence electrons. The van der Waals surface area contributed by atoms with Gasteiger partial charge in [-0.05, 0) is 101 Å². The standard InChI is InChI=1S/C40H52N13O6.C5H5.C2HF3O2.Co/c41-34(55)31(20-24-10-2-1-3-11-24)53-37(58)30(17-9-19-47-40(44)45)51-36(57)29(16-8-18-46-39(42)43)52-38(59)32(21-26-22-48-28-15-7-6-14-27(26)28)50-33(54)23-49-35(56)25-12-4-5-13-25;1-2-4-5-3-1;3-2(4,5)1(6)7;/h1-7,10-15,22,29-32,48H,8-9,16-21,23H2,(H2,41,55)(H,49,56)(H,50,54)(H,51,57)(H,52,59)(H,53,58)(H4,42,43,46)(H4,44,45,47);1-5H;(H,6,7);/q;;;+2/t29-,30-,31-,32-;;;/m0.../s1. The molecule has 0 spiro atoms. The average Bonchev–Trinajstić information content (AvgIpc) is 4.16.